The third kappa shape index (κ3) is 3.17. The number of nitrogens with one attached hydrogen (secondary N) is 1. The number of benzene rings is 2. The monoisotopic (exact) mass is 473 g/mol. The van der Waals surface area contributed by atoms with Crippen molar-refractivity contribution < 1.29 is 26.7 Å². The number of amides is 1. The van der Waals surface area contributed by atoms with Gasteiger partial charge in [-0.2, -0.15) is 13.2 Å². The lowest BCUT2D eigenvalue weighted by Gasteiger charge is -2.48. The van der Waals surface area contributed by atoms with Gasteiger partial charge in [0.2, 0.25) is 5.91 Å². The van der Waals surface area contributed by atoms with Crippen LogP contribution in [0.1, 0.15) is 30.1 Å². The number of aromatic nitrogens is 4. The minimum atomic E-state index is -4.68. The van der Waals surface area contributed by atoms with Crippen LogP contribution in [0, 0.1) is 23.5 Å². The standard InChI is InChI=1S/C23H16F5N5O/c24-14-5-13(32-8-18(31-10-32)23(26,27)28)6-15(25)20(14)21-19(11-1-2-11)22(34)33(21)12-3-4-16-17(7-12)30-9-29-16/h3-11,19,21H,1-2H2,(H,29,30)/t19-,21-/m1/s1. The number of imidazole rings is 2. The third-order valence-corrected chi connectivity index (χ3v) is 6.48. The molecule has 1 saturated carbocycles. The van der Waals surface area contributed by atoms with E-state index in [-0.39, 0.29) is 23.1 Å². The van der Waals surface area contributed by atoms with Gasteiger partial charge in [-0.3, -0.25) is 4.79 Å². The van der Waals surface area contributed by atoms with Crippen molar-refractivity contribution in [1.29, 1.82) is 0 Å². The molecule has 2 atom stereocenters. The maximum absolute atomic E-state index is 15.3. The van der Waals surface area contributed by atoms with E-state index in [0.29, 0.717) is 17.4 Å². The first-order valence-corrected chi connectivity index (χ1v) is 10.6. The van der Waals surface area contributed by atoms with Crippen LogP contribution in [-0.4, -0.2) is 25.4 Å². The fourth-order valence-corrected chi connectivity index (χ4v) is 4.71. The van der Waals surface area contributed by atoms with Crippen LogP contribution in [0.4, 0.5) is 27.6 Å². The molecule has 174 valence electrons. The van der Waals surface area contributed by atoms with E-state index in [0.717, 1.165) is 41.4 Å². The van der Waals surface area contributed by atoms with Crippen LogP contribution in [0.15, 0.2) is 49.2 Å². The highest BCUT2D eigenvalue weighted by atomic mass is 19.4. The normalized spacial score (nSPS) is 20.7. The molecule has 6 rings (SSSR count). The van der Waals surface area contributed by atoms with Gasteiger partial charge in [0.25, 0.3) is 0 Å². The Labute approximate surface area is 189 Å². The van der Waals surface area contributed by atoms with Crippen molar-refractivity contribution in [2.75, 3.05) is 4.90 Å². The van der Waals surface area contributed by atoms with Gasteiger partial charge in [0.05, 0.1) is 41.3 Å². The first kappa shape index (κ1) is 20.8. The molecule has 0 spiro atoms. The summed E-state index contributed by atoms with van der Waals surface area (Å²) in [5, 5.41) is 0. The van der Waals surface area contributed by atoms with Crippen molar-refractivity contribution in [3.63, 3.8) is 0 Å². The maximum atomic E-state index is 15.3. The highest BCUT2D eigenvalue weighted by Gasteiger charge is 2.56. The summed E-state index contributed by atoms with van der Waals surface area (Å²) in [4.78, 5) is 24.8. The van der Waals surface area contributed by atoms with E-state index in [9.17, 15) is 18.0 Å². The predicted octanol–water partition coefficient (Wildman–Crippen LogP) is 5.16. The fraction of sp³-hybridized carbons (Fsp3) is 0.261. The average molecular weight is 473 g/mol. The largest absolute Gasteiger partial charge is 0.434 e. The molecular weight excluding hydrogens is 457 g/mol. The van der Waals surface area contributed by atoms with Gasteiger partial charge in [-0.25, -0.2) is 18.7 Å². The first-order chi connectivity index (χ1) is 16.2. The van der Waals surface area contributed by atoms with Gasteiger partial charge in [0, 0.05) is 17.4 Å². The summed E-state index contributed by atoms with van der Waals surface area (Å²) in [5.41, 5.74) is 0.246. The molecule has 2 fully saturated rings. The van der Waals surface area contributed by atoms with Gasteiger partial charge in [0.1, 0.15) is 11.6 Å². The lowest BCUT2D eigenvalue weighted by Crippen LogP contribution is -2.56. The summed E-state index contributed by atoms with van der Waals surface area (Å²) >= 11 is 0. The zero-order valence-electron chi connectivity index (χ0n) is 17.4. The molecule has 11 heteroatoms. The molecule has 34 heavy (non-hydrogen) atoms. The summed E-state index contributed by atoms with van der Waals surface area (Å²) in [7, 11) is 0. The first-order valence-electron chi connectivity index (χ1n) is 10.6. The van der Waals surface area contributed by atoms with Crippen LogP contribution in [0.3, 0.4) is 0 Å². The second-order valence-electron chi connectivity index (χ2n) is 8.61. The van der Waals surface area contributed by atoms with Gasteiger partial charge in [-0.1, -0.05) is 0 Å². The molecule has 4 aromatic rings. The molecule has 2 aliphatic rings. The van der Waals surface area contributed by atoms with Gasteiger partial charge in [-0.05, 0) is 49.1 Å². The Kier molecular flexibility index (Phi) is 4.36. The molecule has 0 unspecified atom stereocenters. The SMILES string of the molecule is O=C1[C@H](C2CC2)[C@H](c2c(F)cc(-n3cnc(C(F)(F)F)c3)cc2F)N1c1ccc2[nH]cnc2c1. The number of hydrogen-bond donors (Lipinski definition) is 1. The fourth-order valence-electron chi connectivity index (χ4n) is 4.71. The quantitative estimate of drug-likeness (QED) is 0.329. The number of aromatic amines is 1. The average Bonchev–Trinajstić information content (AvgIpc) is 3.26. The lowest BCUT2D eigenvalue weighted by molar-refractivity contribution is -0.141. The van der Waals surface area contributed by atoms with E-state index < -0.39 is 35.5 Å². The van der Waals surface area contributed by atoms with Gasteiger partial charge >= 0.3 is 6.18 Å². The second-order valence-corrected chi connectivity index (χ2v) is 8.61. The number of anilines is 1. The number of nitrogens with zero attached hydrogens (tertiary/aromatic N) is 4. The van der Waals surface area contributed by atoms with Gasteiger partial charge in [-0.15, -0.1) is 0 Å². The van der Waals surface area contributed by atoms with E-state index in [2.05, 4.69) is 15.0 Å². The highest BCUT2D eigenvalue weighted by Crippen LogP contribution is 2.55. The summed E-state index contributed by atoms with van der Waals surface area (Å²) in [6.45, 7) is 0. The van der Waals surface area contributed by atoms with Crippen LogP contribution >= 0.6 is 0 Å². The highest BCUT2D eigenvalue weighted by molar-refractivity contribution is 6.04. The number of carbonyl (C=O) groups is 1. The minimum Gasteiger partial charge on any atom is -0.345 e. The van der Waals surface area contributed by atoms with Crippen molar-refractivity contribution >= 4 is 22.6 Å². The van der Waals surface area contributed by atoms with Crippen LogP contribution in [0.5, 0.6) is 0 Å². The topological polar surface area (TPSA) is 66.8 Å². The van der Waals surface area contributed by atoms with Gasteiger partial charge < -0.3 is 14.5 Å². The van der Waals surface area contributed by atoms with Crippen LogP contribution in [-0.2, 0) is 11.0 Å². The van der Waals surface area contributed by atoms with Crippen molar-refractivity contribution in [2.24, 2.45) is 11.8 Å². The number of halogens is 5. The Morgan fingerprint density at radius 1 is 1.00 bits per heavy atom. The van der Waals surface area contributed by atoms with Crippen molar-refractivity contribution in [2.45, 2.75) is 25.1 Å². The van der Waals surface area contributed by atoms with Gasteiger partial charge in [0.15, 0.2) is 5.69 Å². The zero-order valence-corrected chi connectivity index (χ0v) is 17.4. The summed E-state index contributed by atoms with van der Waals surface area (Å²) in [6.07, 6.45) is -0.0518. The molecule has 2 aromatic carbocycles. The Bertz CT molecular complexity index is 1410. The molecule has 0 bridgehead atoms. The molecular formula is C23H16F5N5O. The number of β-lactam (4-membered cyclic amide) rings is 1. The van der Waals surface area contributed by atoms with E-state index in [4.69, 9.17) is 0 Å². The Morgan fingerprint density at radius 3 is 2.38 bits per heavy atom. The van der Waals surface area contributed by atoms with E-state index in [1.807, 2.05) is 0 Å². The second kappa shape index (κ2) is 7.12. The Hall–Kier alpha value is -3.76. The Balaban J connectivity index is 1.41. The van der Waals surface area contributed by atoms with E-state index >= 15 is 8.78 Å². The zero-order chi connectivity index (χ0) is 23.8. The predicted molar refractivity (Wildman–Crippen MR) is 111 cm³/mol. The summed E-state index contributed by atoms with van der Waals surface area (Å²) < 4.78 is 70.2. The number of fused-ring (bicyclic) bond motifs is 1. The number of alkyl halides is 3. The molecule has 1 saturated heterocycles. The number of carbonyl (C=O) groups excluding carboxylic acids is 1. The van der Waals surface area contributed by atoms with Crippen molar-refractivity contribution in [3.05, 3.63) is 72.1 Å². The minimum absolute atomic E-state index is 0.0457. The van der Waals surface area contributed by atoms with Crippen LogP contribution in [0.25, 0.3) is 16.7 Å². The van der Waals surface area contributed by atoms with E-state index in [1.54, 1.807) is 18.2 Å². The third-order valence-electron chi connectivity index (χ3n) is 6.48. The molecule has 6 nitrogen and oxygen atoms in total. The molecule has 1 aliphatic heterocycles. The van der Waals surface area contributed by atoms with E-state index in [1.165, 1.54) is 11.2 Å². The molecule has 2 aromatic heterocycles. The lowest BCUT2D eigenvalue weighted by atomic mass is 9.78. The number of rotatable bonds is 4. The van der Waals surface area contributed by atoms with Crippen LogP contribution in [0.2, 0.25) is 0 Å². The molecule has 3 heterocycles. The van der Waals surface area contributed by atoms with Crippen molar-refractivity contribution in [1.82, 2.24) is 19.5 Å². The maximum Gasteiger partial charge on any atom is 0.434 e. The molecule has 1 amide bonds. The summed E-state index contributed by atoms with van der Waals surface area (Å²) in [6, 6.07) is 6.15. The smallest absolute Gasteiger partial charge is 0.345 e. The number of hydrogen-bond acceptors (Lipinski definition) is 3. The Morgan fingerprint density at radius 2 is 1.74 bits per heavy atom. The molecule has 0 radical (unpaired) electrons. The molecule has 1 N–H and O–H groups in total. The van der Waals surface area contributed by atoms with Crippen molar-refractivity contribution in [3.8, 4) is 5.69 Å². The summed E-state index contributed by atoms with van der Waals surface area (Å²) in [5.74, 6) is -2.61. The van der Waals surface area contributed by atoms with Crippen LogP contribution < -0.4 is 4.90 Å². The number of H-pyrrole nitrogens is 1. The molecule has 1 aliphatic carbocycles.